The molecular weight excluding hydrogens is 237 g/mol. The van der Waals surface area contributed by atoms with Crippen molar-refractivity contribution >= 4 is 5.91 Å². The van der Waals surface area contributed by atoms with Crippen LogP contribution < -0.4 is 10.6 Å². The highest BCUT2D eigenvalue weighted by Gasteiger charge is 2.26. The maximum Gasteiger partial charge on any atom is 0.401 e. The minimum absolute atomic E-state index is 0.370. The van der Waals surface area contributed by atoms with Gasteiger partial charge in [0.15, 0.2) is 0 Å². The average molecular weight is 250 g/mol. The second kappa shape index (κ2) is 5.67. The Morgan fingerprint density at radius 3 is 2.82 bits per heavy atom. The third kappa shape index (κ3) is 5.34. The summed E-state index contributed by atoms with van der Waals surface area (Å²) in [6, 6.07) is -0.370. The lowest BCUT2D eigenvalue weighted by atomic mass is 10.3. The van der Waals surface area contributed by atoms with E-state index in [0.717, 1.165) is 0 Å². The lowest BCUT2D eigenvalue weighted by Gasteiger charge is -2.12. The molecule has 0 aliphatic heterocycles. The highest BCUT2D eigenvalue weighted by Crippen LogP contribution is 2.11. The van der Waals surface area contributed by atoms with Gasteiger partial charge in [-0.15, -0.1) is 0 Å². The van der Waals surface area contributed by atoms with Crippen LogP contribution in [0, 0.1) is 0 Å². The molecular formula is C9H13F3N4O. The first-order valence-electron chi connectivity index (χ1n) is 4.94. The van der Waals surface area contributed by atoms with Gasteiger partial charge in [-0.05, 0) is 6.92 Å². The van der Waals surface area contributed by atoms with E-state index in [-0.39, 0.29) is 12.6 Å². The van der Waals surface area contributed by atoms with Crippen molar-refractivity contribution in [3.63, 3.8) is 0 Å². The quantitative estimate of drug-likeness (QED) is 0.722. The van der Waals surface area contributed by atoms with Crippen molar-refractivity contribution in [2.24, 2.45) is 0 Å². The maximum absolute atomic E-state index is 11.8. The van der Waals surface area contributed by atoms with Crippen molar-refractivity contribution in [3.05, 3.63) is 18.2 Å². The number of amides is 1. The van der Waals surface area contributed by atoms with Gasteiger partial charge in [-0.3, -0.25) is 4.79 Å². The number of aromatic nitrogens is 2. The number of aromatic amines is 1. The van der Waals surface area contributed by atoms with Gasteiger partial charge in [0.2, 0.25) is 5.91 Å². The Morgan fingerprint density at radius 2 is 2.29 bits per heavy atom. The van der Waals surface area contributed by atoms with Crippen LogP contribution >= 0.6 is 0 Å². The molecule has 0 bridgehead atoms. The molecule has 0 aliphatic rings. The zero-order chi connectivity index (χ0) is 12.9. The van der Waals surface area contributed by atoms with E-state index in [1.54, 1.807) is 13.1 Å². The average Bonchev–Trinajstić information content (AvgIpc) is 2.67. The van der Waals surface area contributed by atoms with E-state index in [0.29, 0.717) is 5.82 Å². The van der Waals surface area contributed by atoms with Gasteiger partial charge in [-0.2, -0.15) is 13.2 Å². The van der Waals surface area contributed by atoms with Crippen molar-refractivity contribution in [3.8, 4) is 0 Å². The molecule has 96 valence electrons. The standard InChI is InChI=1S/C9H13F3N4O/c1-6(8-14-2-3-15-8)16-7(17)4-13-5-9(10,11)12/h2-3,6,13H,4-5H2,1H3,(H,14,15)(H,16,17). The molecule has 1 atom stereocenters. The highest BCUT2D eigenvalue weighted by molar-refractivity contribution is 5.78. The van der Waals surface area contributed by atoms with Crippen LogP contribution in [0.3, 0.4) is 0 Å². The SMILES string of the molecule is CC(NC(=O)CNCC(F)(F)F)c1ncc[nH]1. The van der Waals surface area contributed by atoms with Crippen LogP contribution in [0.15, 0.2) is 12.4 Å². The molecule has 0 saturated heterocycles. The van der Waals surface area contributed by atoms with Crippen molar-refractivity contribution in [2.75, 3.05) is 13.1 Å². The molecule has 0 fully saturated rings. The summed E-state index contributed by atoms with van der Waals surface area (Å²) in [6.45, 7) is 0.112. The first-order valence-corrected chi connectivity index (χ1v) is 4.94. The predicted molar refractivity (Wildman–Crippen MR) is 54.1 cm³/mol. The van der Waals surface area contributed by atoms with Crippen molar-refractivity contribution in [1.29, 1.82) is 0 Å². The maximum atomic E-state index is 11.8. The number of alkyl halides is 3. The molecule has 1 rings (SSSR count). The van der Waals surface area contributed by atoms with E-state index in [1.807, 2.05) is 5.32 Å². The lowest BCUT2D eigenvalue weighted by Crippen LogP contribution is -2.39. The Kier molecular flexibility index (Phi) is 4.50. The van der Waals surface area contributed by atoms with Gasteiger partial charge in [0.1, 0.15) is 5.82 Å². The number of carbonyl (C=O) groups is 1. The van der Waals surface area contributed by atoms with Crippen LogP contribution in [0.5, 0.6) is 0 Å². The highest BCUT2D eigenvalue weighted by atomic mass is 19.4. The van der Waals surface area contributed by atoms with Crippen LogP contribution in [-0.2, 0) is 4.79 Å². The molecule has 1 aromatic rings. The van der Waals surface area contributed by atoms with E-state index in [4.69, 9.17) is 0 Å². The number of hydrogen-bond donors (Lipinski definition) is 3. The molecule has 0 spiro atoms. The number of imidazole rings is 1. The summed E-state index contributed by atoms with van der Waals surface area (Å²) < 4.78 is 35.3. The smallest absolute Gasteiger partial charge is 0.347 e. The van der Waals surface area contributed by atoms with Gasteiger partial charge in [-0.25, -0.2) is 4.98 Å². The summed E-state index contributed by atoms with van der Waals surface area (Å²) in [6.07, 6.45) is -1.19. The molecule has 1 amide bonds. The fourth-order valence-corrected chi connectivity index (χ4v) is 1.19. The van der Waals surface area contributed by atoms with E-state index in [2.05, 4.69) is 15.3 Å². The molecule has 1 heterocycles. The predicted octanol–water partition coefficient (Wildman–Crippen LogP) is 0.739. The summed E-state index contributed by atoms with van der Waals surface area (Å²) in [5.74, 6) is 0.0346. The second-order valence-corrected chi connectivity index (χ2v) is 3.48. The Bertz CT molecular complexity index is 350. The van der Waals surface area contributed by atoms with E-state index in [9.17, 15) is 18.0 Å². The minimum Gasteiger partial charge on any atom is -0.347 e. The third-order valence-electron chi connectivity index (χ3n) is 1.92. The number of nitrogens with zero attached hydrogens (tertiary/aromatic N) is 1. The number of nitrogens with one attached hydrogen (secondary N) is 3. The molecule has 0 aliphatic carbocycles. The zero-order valence-electron chi connectivity index (χ0n) is 9.14. The summed E-state index contributed by atoms with van der Waals surface area (Å²) >= 11 is 0. The van der Waals surface area contributed by atoms with Gasteiger partial charge in [-0.1, -0.05) is 0 Å². The summed E-state index contributed by atoms with van der Waals surface area (Å²) in [5.41, 5.74) is 0. The molecule has 0 radical (unpaired) electrons. The minimum atomic E-state index is -4.31. The monoisotopic (exact) mass is 250 g/mol. The Hall–Kier alpha value is -1.57. The first kappa shape index (κ1) is 13.5. The van der Waals surface area contributed by atoms with Gasteiger partial charge >= 0.3 is 6.18 Å². The van der Waals surface area contributed by atoms with Crippen molar-refractivity contribution in [2.45, 2.75) is 19.1 Å². The van der Waals surface area contributed by atoms with Crippen molar-refractivity contribution < 1.29 is 18.0 Å². The molecule has 17 heavy (non-hydrogen) atoms. The van der Waals surface area contributed by atoms with Crippen LogP contribution in [-0.4, -0.2) is 35.1 Å². The number of carbonyl (C=O) groups excluding carboxylic acids is 1. The van der Waals surface area contributed by atoms with E-state index in [1.165, 1.54) is 6.20 Å². The van der Waals surface area contributed by atoms with Crippen LogP contribution in [0.1, 0.15) is 18.8 Å². The van der Waals surface area contributed by atoms with Gasteiger partial charge in [0, 0.05) is 12.4 Å². The fourth-order valence-electron chi connectivity index (χ4n) is 1.19. The summed E-state index contributed by atoms with van der Waals surface area (Å²) in [4.78, 5) is 18.0. The molecule has 0 saturated carbocycles. The second-order valence-electron chi connectivity index (χ2n) is 3.48. The normalized spacial score (nSPS) is 13.4. The largest absolute Gasteiger partial charge is 0.401 e. The first-order chi connectivity index (χ1) is 7.88. The van der Waals surface area contributed by atoms with E-state index >= 15 is 0 Å². The van der Waals surface area contributed by atoms with Gasteiger partial charge in [0.05, 0.1) is 19.1 Å². The molecule has 3 N–H and O–H groups in total. The van der Waals surface area contributed by atoms with Gasteiger partial charge in [0.25, 0.3) is 0 Å². The number of rotatable bonds is 5. The van der Waals surface area contributed by atoms with Crippen LogP contribution in [0.4, 0.5) is 13.2 Å². The molecule has 0 aromatic carbocycles. The Morgan fingerprint density at radius 1 is 1.59 bits per heavy atom. The number of H-pyrrole nitrogens is 1. The van der Waals surface area contributed by atoms with Gasteiger partial charge < -0.3 is 15.6 Å². The van der Waals surface area contributed by atoms with Crippen LogP contribution in [0.2, 0.25) is 0 Å². The molecule has 5 nitrogen and oxygen atoms in total. The molecule has 1 unspecified atom stereocenters. The fraction of sp³-hybridized carbons (Fsp3) is 0.556. The molecule has 8 heteroatoms. The Balaban J connectivity index is 2.26. The van der Waals surface area contributed by atoms with Crippen LogP contribution in [0.25, 0.3) is 0 Å². The number of halogens is 3. The molecule has 1 aromatic heterocycles. The topological polar surface area (TPSA) is 69.8 Å². The Labute approximate surface area is 95.8 Å². The van der Waals surface area contributed by atoms with E-state index < -0.39 is 18.6 Å². The third-order valence-corrected chi connectivity index (χ3v) is 1.92. The summed E-state index contributed by atoms with van der Waals surface area (Å²) in [7, 11) is 0. The van der Waals surface area contributed by atoms with Crippen molar-refractivity contribution in [1.82, 2.24) is 20.6 Å². The lowest BCUT2D eigenvalue weighted by molar-refractivity contribution is -0.128. The summed E-state index contributed by atoms with van der Waals surface area (Å²) in [5, 5.41) is 4.51. The zero-order valence-corrected chi connectivity index (χ0v) is 9.14. The number of hydrogen-bond acceptors (Lipinski definition) is 3.